The van der Waals surface area contributed by atoms with Gasteiger partial charge in [0.15, 0.2) is 0 Å². The molecule has 2 N–H and O–H groups in total. The van der Waals surface area contributed by atoms with E-state index in [4.69, 9.17) is 9.66 Å². The van der Waals surface area contributed by atoms with Gasteiger partial charge in [-0.25, -0.2) is 4.79 Å². The van der Waals surface area contributed by atoms with Gasteiger partial charge in [0, 0.05) is 0 Å². The van der Waals surface area contributed by atoms with E-state index in [2.05, 4.69) is 4.74 Å². The number of aromatic carboxylic acids is 1. The van der Waals surface area contributed by atoms with Crippen molar-refractivity contribution in [2.24, 2.45) is 0 Å². The van der Waals surface area contributed by atoms with Gasteiger partial charge in [-0.3, -0.25) is 4.55 Å². The Kier molecular flexibility index (Phi) is 8.06. The van der Waals surface area contributed by atoms with Crippen LogP contribution >= 0.6 is 0 Å². The fourth-order valence-electron chi connectivity index (χ4n) is 1.21. The number of carboxylic acid groups (broad SMARTS) is 1. The number of carbonyl (C=O) groups is 2. The van der Waals surface area contributed by atoms with Crippen LogP contribution in [0.25, 0.3) is 0 Å². The minimum absolute atomic E-state index is 0. The second kappa shape index (κ2) is 8.19. The molecule has 0 spiro atoms. The average molecular weight is 328 g/mol. The summed E-state index contributed by atoms with van der Waals surface area (Å²) in [5.41, 5.74) is -1.01. The van der Waals surface area contributed by atoms with Crippen LogP contribution in [0.3, 0.4) is 0 Å². The third-order valence-corrected chi connectivity index (χ3v) is 2.83. The van der Waals surface area contributed by atoms with Crippen molar-refractivity contribution in [1.29, 1.82) is 0 Å². The Balaban J connectivity index is 0.00000361. The van der Waals surface area contributed by atoms with Crippen LogP contribution in [-0.2, 0) is 14.9 Å². The number of aliphatic hydroxyl groups excluding tert-OH is 1. The molecule has 20 heavy (non-hydrogen) atoms. The fourth-order valence-corrected chi connectivity index (χ4v) is 1.76. The van der Waals surface area contributed by atoms with Gasteiger partial charge in [-0.1, -0.05) is 0 Å². The molecular weight excluding hydrogens is 319 g/mol. The molecule has 0 heterocycles. The van der Waals surface area contributed by atoms with E-state index in [0.717, 1.165) is 12.1 Å². The Morgan fingerprint density at radius 1 is 1.20 bits per heavy atom. The first kappa shape index (κ1) is 19.7. The van der Waals surface area contributed by atoms with Crippen molar-refractivity contribution in [3.05, 3.63) is 29.3 Å². The van der Waals surface area contributed by atoms with Crippen molar-refractivity contribution in [1.82, 2.24) is 0 Å². The molecule has 0 radical (unpaired) electrons. The Morgan fingerprint density at radius 3 is 2.20 bits per heavy atom. The first-order valence-corrected chi connectivity index (χ1v) is 6.31. The summed E-state index contributed by atoms with van der Waals surface area (Å²) in [6.07, 6.45) is 0. The summed E-state index contributed by atoms with van der Waals surface area (Å²) in [6.45, 7) is -0.785. The van der Waals surface area contributed by atoms with E-state index in [1.807, 2.05) is 0 Å². The van der Waals surface area contributed by atoms with Gasteiger partial charge in [0.05, 0.1) is 23.0 Å². The maximum atomic E-state index is 11.4. The fraction of sp³-hybridized carbons (Fsp3) is 0.200. The number of carbonyl (C=O) groups excluding carboxylic acids is 2. The molecule has 0 aromatic heterocycles. The SMILES string of the molecule is O=C([O-])c1cc(C(=O)OCCO)cc(S(=O)(=O)O)c1.[K+]. The molecule has 0 saturated carbocycles. The van der Waals surface area contributed by atoms with Crippen LogP contribution in [0.2, 0.25) is 0 Å². The Labute approximate surface area is 156 Å². The normalized spacial score (nSPS) is 10.5. The molecule has 0 aliphatic heterocycles. The van der Waals surface area contributed by atoms with Gasteiger partial charge in [0.1, 0.15) is 6.61 Å². The zero-order valence-corrected chi connectivity index (χ0v) is 14.3. The number of carboxylic acids is 1. The van der Waals surface area contributed by atoms with E-state index >= 15 is 0 Å². The monoisotopic (exact) mass is 328 g/mol. The zero-order chi connectivity index (χ0) is 14.6. The molecule has 1 aromatic rings. The Hall–Kier alpha value is -0.334. The van der Waals surface area contributed by atoms with Gasteiger partial charge in [0.25, 0.3) is 10.1 Å². The number of rotatable bonds is 5. The number of esters is 1. The van der Waals surface area contributed by atoms with E-state index in [-0.39, 0.29) is 58.0 Å². The van der Waals surface area contributed by atoms with Crippen LogP contribution in [0.1, 0.15) is 20.7 Å². The van der Waals surface area contributed by atoms with Gasteiger partial charge in [-0.05, 0) is 23.8 Å². The van der Waals surface area contributed by atoms with Gasteiger partial charge < -0.3 is 19.7 Å². The number of benzene rings is 1. The molecule has 0 unspecified atom stereocenters. The predicted octanol–water partition coefficient (Wildman–Crippen LogP) is -4.55. The maximum absolute atomic E-state index is 11.4. The molecule has 10 heteroatoms. The second-order valence-electron chi connectivity index (χ2n) is 3.37. The summed E-state index contributed by atoms with van der Waals surface area (Å²) in [5.74, 6) is -2.76. The van der Waals surface area contributed by atoms with Crippen LogP contribution in [0.4, 0.5) is 0 Å². The zero-order valence-electron chi connectivity index (χ0n) is 10.4. The summed E-state index contributed by atoms with van der Waals surface area (Å²) in [7, 11) is -4.68. The van der Waals surface area contributed by atoms with Gasteiger partial charge in [0.2, 0.25) is 0 Å². The van der Waals surface area contributed by atoms with Crippen molar-refractivity contribution in [2.45, 2.75) is 4.90 Å². The first-order chi connectivity index (χ1) is 8.75. The minimum atomic E-state index is -4.68. The van der Waals surface area contributed by atoms with Gasteiger partial charge >= 0.3 is 57.4 Å². The van der Waals surface area contributed by atoms with Crippen molar-refractivity contribution < 1.29 is 88.9 Å². The molecular formula is C10H9KO8S. The topological polar surface area (TPSA) is 141 Å². The summed E-state index contributed by atoms with van der Waals surface area (Å²) in [6, 6.07) is 2.23. The summed E-state index contributed by atoms with van der Waals surface area (Å²) < 4.78 is 35.2. The Morgan fingerprint density at radius 2 is 1.75 bits per heavy atom. The van der Waals surface area contributed by atoms with E-state index in [1.54, 1.807) is 0 Å². The van der Waals surface area contributed by atoms with Crippen molar-refractivity contribution in [2.75, 3.05) is 13.2 Å². The molecule has 0 bridgehead atoms. The molecule has 0 aliphatic carbocycles. The van der Waals surface area contributed by atoms with Crippen LogP contribution in [0.15, 0.2) is 23.1 Å². The maximum Gasteiger partial charge on any atom is 1.00 e. The summed E-state index contributed by atoms with van der Waals surface area (Å²) in [4.78, 5) is 21.4. The van der Waals surface area contributed by atoms with Crippen LogP contribution < -0.4 is 56.5 Å². The second-order valence-corrected chi connectivity index (χ2v) is 4.79. The van der Waals surface area contributed by atoms with Crippen molar-refractivity contribution in [3.8, 4) is 0 Å². The van der Waals surface area contributed by atoms with E-state index < -0.39 is 44.7 Å². The van der Waals surface area contributed by atoms with Crippen LogP contribution in [0.5, 0.6) is 0 Å². The molecule has 0 fully saturated rings. The number of hydrogen-bond acceptors (Lipinski definition) is 7. The molecule has 8 nitrogen and oxygen atoms in total. The van der Waals surface area contributed by atoms with Crippen molar-refractivity contribution >= 4 is 22.1 Å². The van der Waals surface area contributed by atoms with Gasteiger partial charge in [-0.2, -0.15) is 8.42 Å². The van der Waals surface area contributed by atoms with Crippen LogP contribution in [0, 0.1) is 0 Å². The standard InChI is InChI=1S/C10H10O8S.K/c11-1-2-18-10(14)7-3-6(9(12)13)4-8(5-7)19(15,16)17;/h3-5,11H,1-2H2,(H,12,13)(H,15,16,17);/q;+1/p-1. The molecule has 1 aromatic carbocycles. The molecule has 0 saturated heterocycles. The van der Waals surface area contributed by atoms with E-state index in [0.29, 0.717) is 6.07 Å². The molecule has 0 atom stereocenters. The summed E-state index contributed by atoms with van der Waals surface area (Å²) in [5, 5.41) is 19.2. The smallest absolute Gasteiger partial charge is 0.545 e. The number of ether oxygens (including phenoxy) is 1. The molecule has 1 rings (SSSR count). The average Bonchev–Trinajstić information content (AvgIpc) is 2.34. The quantitative estimate of drug-likeness (QED) is 0.313. The van der Waals surface area contributed by atoms with Gasteiger partial charge in [-0.15, -0.1) is 0 Å². The van der Waals surface area contributed by atoms with E-state index in [1.165, 1.54) is 0 Å². The van der Waals surface area contributed by atoms with E-state index in [9.17, 15) is 23.1 Å². The minimum Gasteiger partial charge on any atom is -0.545 e. The van der Waals surface area contributed by atoms with Crippen LogP contribution in [-0.4, -0.2) is 43.2 Å². The first-order valence-electron chi connectivity index (χ1n) is 4.87. The molecule has 104 valence electrons. The molecule has 0 aliphatic rings. The summed E-state index contributed by atoms with van der Waals surface area (Å²) >= 11 is 0. The third-order valence-electron chi connectivity index (χ3n) is 2.00. The largest absolute Gasteiger partial charge is 1.00 e. The number of aliphatic hydroxyl groups is 1. The van der Waals surface area contributed by atoms with Crippen molar-refractivity contribution in [3.63, 3.8) is 0 Å². The number of hydrogen-bond donors (Lipinski definition) is 2. The predicted molar refractivity (Wildman–Crippen MR) is 58.0 cm³/mol. The third kappa shape index (κ3) is 5.58. The Bertz CT molecular complexity index is 610. The molecule has 0 amide bonds.